The van der Waals surface area contributed by atoms with Gasteiger partial charge in [0.2, 0.25) is 0 Å². The van der Waals surface area contributed by atoms with E-state index in [1.165, 1.54) is 32.1 Å². The van der Waals surface area contributed by atoms with Crippen molar-refractivity contribution < 1.29 is 4.43 Å². The molecule has 0 aromatic heterocycles. The smallest absolute Gasteiger partial charge is 0.146 e. The SMILES string of the molecule is CC(C)CCCCCC(C)O[SiH3]. The molecule has 74 valence electrons. The summed E-state index contributed by atoms with van der Waals surface area (Å²) in [5, 5.41) is 0. The Balaban J connectivity index is 3.00. The van der Waals surface area contributed by atoms with Gasteiger partial charge in [-0.2, -0.15) is 0 Å². The molecule has 0 spiro atoms. The van der Waals surface area contributed by atoms with Gasteiger partial charge in [0, 0.05) is 6.10 Å². The van der Waals surface area contributed by atoms with E-state index in [1.807, 2.05) is 0 Å². The lowest BCUT2D eigenvalue weighted by atomic mass is 10.0. The lowest BCUT2D eigenvalue weighted by molar-refractivity contribution is 0.226. The summed E-state index contributed by atoms with van der Waals surface area (Å²) in [6, 6.07) is 0. The third kappa shape index (κ3) is 8.28. The molecule has 2 heteroatoms. The Morgan fingerprint density at radius 1 is 1.00 bits per heavy atom. The number of unbranched alkanes of at least 4 members (excludes halogenated alkanes) is 2. The van der Waals surface area contributed by atoms with E-state index in [9.17, 15) is 0 Å². The predicted octanol–water partition coefficient (Wildman–Crippen LogP) is 2.28. The van der Waals surface area contributed by atoms with Crippen LogP contribution in [0.25, 0.3) is 0 Å². The first-order valence-corrected chi connectivity index (χ1v) is 6.01. The van der Waals surface area contributed by atoms with Gasteiger partial charge in [-0.15, -0.1) is 0 Å². The van der Waals surface area contributed by atoms with Crippen LogP contribution in [-0.4, -0.2) is 16.6 Å². The van der Waals surface area contributed by atoms with Crippen LogP contribution < -0.4 is 0 Å². The first-order valence-electron chi connectivity index (χ1n) is 5.19. The van der Waals surface area contributed by atoms with Crippen molar-refractivity contribution >= 4 is 10.5 Å². The van der Waals surface area contributed by atoms with Crippen molar-refractivity contribution in [2.24, 2.45) is 5.92 Å². The standard InChI is InChI=1S/C10H24OSi/c1-9(2)7-5-4-6-8-10(3)11-12/h9-10H,4-8H2,1-3,12H3. The molecule has 1 unspecified atom stereocenters. The van der Waals surface area contributed by atoms with E-state index in [1.54, 1.807) is 0 Å². The summed E-state index contributed by atoms with van der Waals surface area (Å²) in [6.07, 6.45) is 7.27. The lowest BCUT2D eigenvalue weighted by Crippen LogP contribution is -2.04. The topological polar surface area (TPSA) is 9.23 Å². The third-order valence-electron chi connectivity index (χ3n) is 2.29. The second-order valence-electron chi connectivity index (χ2n) is 4.08. The van der Waals surface area contributed by atoms with Gasteiger partial charge in [0.05, 0.1) is 0 Å². The number of hydrogen-bond donors (Lipinski definition) is 0. The van der Waals surface area contributed by atoms with Crippen molar-refractivity contribution in [3.8, 4) is 0 Å². The zero-order valence-electron chi connectivity index (χ0n) is 9.10. The van der Waals surface area contributed by atoms with Crippen LogP contribution >= 0.6 is 0 Å². The molecule has 0 N–H and O–H groups in total. The average molecular weight is 188 g/mol. The summed E-state index contributed by atoms with van der Waals surface area (Å²) in [5.74, 6) is 0.872. The monoisotopic (exact) mass is 188 g/mol. The quantitative estimate of drug-likeness (QED) is 0.440. The fourth-order valence-electron chi connectivity index (χ4n) is 1.28. The third-order valence-corrected chi connectivity index (χ3v) is 3.10. The Kier molecular flexibility index (Phi) is 7.92. The van der Waals surface area contributed by atoms with Crippen molar-refractivity contribution in [3.63, 3.8) is 0 Å². The summed E-state index contributed by atoms with van der Waals surface area (Å²) in [4.78, 5) is 0. The first kappa shape index (κ1) is 12.2. The molecular weight excluding hydrogens is 164 g/mol. The van der Waals surface area contributed by atoms with Crippen LogP contribution in [0, 0.1) is 5.92 Å². The Morgan fingerprint density at radius 2 is 1.58 bits per heavy atom. The molecule has 0 rings (SSSR count). The van der Waals surface area contributed by atoms with Gasteiger partial charge in [0.1, 0.15) is 10.5 Å². The molecule has 0 aliphatic heterocycles. The summed E-state index contributed by atoms with van der Waals surface area (Å²) in [7, 11) is 0.889. The molecule has 0 saturated heterocycles. The Hall–Kier alpha value is 0.177. The molecule has 0 aromatic rings. The summed E-state index contributed by atoms with van der Waals surface area (Å²) in [5.41, 5.74) is 0. The van der Waals surface area contributed by atoms with E-state index >= 15 is 0 Å². The van der Waals surface area contributed by atoms with Crippen molar-refractivity contribution in [3.05, 3.63) is 0 Å². The molecule has 0 heterocycles. The molecule has 0 radical (unpaired) electrons. The highest BCUT2D eigenvalue weighted by Gasteiger charge is 1.98. The lowest BCUT2D eigenvalue weighted by Gasteiger charge is -2.09. The molecule has 0 fully saturated rings. The van der Waals surface area contributed by atoms with Crippen LogP contribution in [0.4, 0.5) is 0 Å². The van der Waals surface area contributed by atoms with E-state index < -0.39 is 0 Å². The van der Waals surface area contributed by atoms with Gasteiger partial charge in [-0.05, 0) is 19.3 Å². The van der Waals surface area contributed by atoms with Crippen LogP contribution in [-0.2, 0) is 4.43 Å². The van der Waals surface area contributed by atoms with Gasteiger partial charge in [-0.3, -0.25) is 0 Å². The highest BCUT2D eigenvalue weighted by molar-refractivity contribution is 5.98. The van der Waals surface area contributed by atoms with Gasteiger partial charge < -0.3 is 4.43 Å². The Labute approximate surface area is 80.4 Å². The average Bonchev–Trinajstić information content (AvgIpc) is 2.03. The molecular formula is C10H24OSi. The fraction of sp³-hybridized carbons (Fsp3) is 1.00. The molecule has 0 amide bonds. The predicted molar refractivity (Wildman–Crippen MR) is 58.4 cm³/mol. The normalized spacial score (nSPS) is 14.0. The maximum atomic E-state index is 5.32. The van der Waals surface area contributed by atoms with E-state index in [0.29, 0.717) is 6.10 Å². The van der Waals surface area contributed by atoms with E-state index in [2.05, 4.69) is 20.8 Å². The number of rotatable bonds is 7. The summed E-state index contributed by atoms with van der Waals surface area (Å²) < 4.78 is 5.32. The highest BCUT2D eigenvalue weighted by atomic mass is 28.2. The van der Waals surface area contributed by atoms with Gasteiger partial charge in [-0.1, -0.05) is 39.5 Å². The van der Waals surface area contributed by atoms with Gasteiger partial charge in [-0.25, -0.2) is 0 Å². The molecule has 0 saturated carbocycles. The fourth-order valence-corrected chi connectivity index (χ4v) is 1.51. The maximum Gasteiger partial charge on any atom is 0.146 e. The zero-order chi connectivity index (χ0) is 9.40. The minimum absolute atomic E-state index is 0.510. The van der Waals surface area contributed by atoms with E-state index in [-0.39, 0.29) is 0 Å². The van der Waals surface area contributed by atoms with Crippen molar-refractivity contribution in [2.75, 3.05) is 0 Å². The largest absolute Gasteiger partial charge is 0.425 e. The highest BCUT2D eigenvalue weighted by Crippen LogP contribution is 2.11. The second kappa shape index (κ2) is 7.81. The van der Waals surface area contributed by atoms with Crippen LogP contribution in [0.15, 0.2) is 0 Å². The van der Waals surface area contributed by atoms with E-state index in [4.69, 9.17) is 4.43 Å². The Morgan fingerprint density at radius 3 is 2.08 bits per heavy atom. The van der Waals surface area contributed by atoms with Crippen LogP contribution in [0.3, 0.4) is 0 Å². The van der Waals surface area contributed by atoms with Gasteiger partial charge in [0.25, 0.3) is 0 Å². The molecule has 1 nitrogen and oxygen atoms in total. The zero-order valence-corrected chi connectivity index (χ0v) is 11.1. The minimum Gasteiger partial charge on any atom is -0.425 e. The summed E-state index contributed by atoms with van der Waals surface area (Å²) >= 11 is 0. The van der Waals surface area contributed by atoms with E-state index in [0.717, 1.165) is 16.4 Å². The van der Waals surface area contributed by atoms with Crippen molar-refractivity contribution in [1.29, 1.82) is 0 Å². The van der Waals surface area contributed by atoms with Crippen LogP contribution in [0.5, 0.6) is 0 Å². The molecule has 0 aromatic carbocycles. The van der Waals surface area contributed by atoms with Crippen molar-refractivity contribution in [1.82, 2.24) is 0 Å². The minimum atomic E-state index is 0.510. The maximum absolute atomic E-state index is 5.32. The van der Waals surface area contributed by atoms with Gasteiger partial charge in [0.15, 0.2) is 0 Å². The van der Waals surface area contributed by atoms with Crippen LogP contribution in [0.2, 0.25) is 0 Å². The van der Waals surface area contributed by atoms with Crippen molar-refractivity contribution in [2.45, 2.75) is 59.0 Å². The van der Waals surface area contributed by atoms with Gasteiger partial charge >= 0.3 is 0 Å². The molecule has 0 aliphatic rings. The Bertz CT molecular complexity index is 93.8. The van der Waals surface area contributed by atoms with Crippen LogP contribution in [0.1, 0.15) is 52.9 Å². The molecule has 0 aliphatic carbocycles. The molecule has 1 atom stereocenters. The second-order valence-corrected chi connectivity index (χ2v) is 4.55. The molecule has 0 bridgehead atoms. The molecule has 12 heavy (non-hydrogen) atoms. The number of hydrogen-bond acceptors (Lipinski definition) is 1. The first-order chi connectivity index (χ1) is 5.66. The summed E-state index contributed by atoms with van der Waals surface area (Å²) in [6.45, 7) is 6.77.